The highest BCUT2D eigenvalue weighted by molar-refractivity contribution is 5.83. The normalized spacial score (nSPS) is 13.5. The van der Waals surface area contributed by atoms with Crippen molar-refractivity contribution in [3.63, 3.8) is 0 Å². The summed E-state index contributed by atoms with van der Waals surface area (Å²) in [6.45, 7) is 8.80. The van der Waals surface area contributed by atoms with Gasteiger partial charge < -0.3 is 11.1 Å². The number of rotatable bonds is 11. The van der Waals surface area contributed by atoms with Crippen LogP contribution in [0.4, 0.5) is 0 Å². The fraction of sp³-hybridized carbons (Fsp3) is 0.619. The Morgan fingerprint density at radius 2 is 1.68 bits per heavy atom. The van der Waals surface area contributed by atoms with Crippen LogP contribution in [0.5, 0.6) is 0 Å². The fourth-order valence-electron chi connectivity index (χ4n) is 3.02. The molecule has 1 aromatic carbocycles. The lowest BCUT2D eigenvalue weighted by Gasteiger charge is -2.15. The predicted molar refractivity (Wildman–Crippen MR) is 103 cm³/mol. The summed E-state index contributed by atoms with van der Waals surface area (Å²) in [5, 5.41) is 2.53. The molecule has 140 valence electrons. The van der Waals surface area contributed by atoms with E-state index < -0.39 is 5.91 Å². The van der Waals surface area contributed by atoms with E-state index in [-0.39, 0.29) is 18.4 Å². The topological polar surface area (TPSA) is 72.2 Å². The third kappa shape index (κ3) is 9.28. The first-order chi connectivity index (χ1) is 11.8. The molecule has 0 heterocycles. The summed E-state index contributed by atoms with van der Waals surface area (Å²) >= 11 is 0. The number of carbonyl (C=O) groups is 2. The quantitative estimate of drug-likeness (QED) is 0.640. The lowest BCUT2D eigenvalue weighted by Crippen LogP contribution is -2.33. The van der Waals surface area contributed by atoms with Crippen molar-refractivity contribution < 1.29 is 9.59 Å². The van der Waals surface area contributed by atoms with Crippen molar-refractivity contribution in [2.45, 2.75) is 65.7 Å². The molecule has 25 heavy (non-hydrogen) atoms. The van der Waals surface area contributed by atoms with Crippen LogP contribution in [0.1, 0.15) is 70.4 Å². The number of benzene rings is 1. The Kier molecular flexibility index (Phi) is 9.25. The van der Waals surface area contributed by atoms with Crippen molar-refractivity contribution in [3.05, 3.63) is 35.4 Å². The smallest absolute Gasteiger partial charge is 0.236 e. The van der Waals surface area contributed by atoms with Crippen molar-refractivity contribution in [1.82, 2.24) is 5.32 Å². The maximum absolute atomic E-state index is 11.8. The van der Waals surface area contributed by atoms with E-state index in [0.717, 1.165) is 17.9 Å². The van der Waals surface area contributed by atoms with E-state index in [1.54, 1.807) is 0 Å². The number of nitrogens with one attached hydrogen (secondary N) is 1. The SMILES string of the molecule is CC(C)CCCC(C)Cc1ccc(C(C)CC(=O)NCC(N)=O)cc1. The average molecular weight is 347 g/mol. The van der Waals surface area contributed by atoms with Gasteiger partial charge in [-0.15, -0.1) is 0 Å². The van der Waals surface area contributed by atoms with Crippen molar-refractivity contribution in [2.75, 3.05) is 6.54 Å². The van der Waals surface area contributed by atoms with Gasteiger partial charge in [0.1, 0.15) is 0 Å². The van der Waals surface area contributed by atoms with E-state index in [1.165, 1.54) is 24.8 Å². The Bertz CT molecular complexity index is 537. The Morgan fingerprint density at radius 1 is 1.04 bits per heavy atom. The zero-order chi connectivity index (χ0) is 18.8. The molecule has 2 unspecified atom stereocenters. The van der Waals surface area contributed by atoms with Gasteiger partial charge in [0, 0.05) is 6.42 Å². The molecule has 3 N–H and O–H groups in total. The molecule has 1 aromatic rings. The molecular weight excluding hydrogens is 312 g/mol. The first-order valence-electron chi connectivity index (χ1n) is 9.41. The number of amides is 2. The van der Waals surface area contributed by atoms with Crippen molar-refractivity contribution in [1.29, 1.82) is 0 Å². The summed E-state index contributed by atoms with van der Waals surface area (Å²) in [6, 6.07) is 8.57. The van der Waals surface area contributed by atoms with Crippen LogP contribution in [0.15, 0.2) is 24.3 Å². The highest BCUT2D eigenvalue weighted by Crippen LogP contribution is 2.22. The minimum absolute atomic E-state index is 0.0980. The molecule has 0 saturated carbocycles. The summed E-state index contributed by atoms with van der Waals surface area (Å²) in [5.74, 6) is 0.933. The predicted octanol–water partition coefficient (Wildman–Crippen LogP) is 3.79. The summed E-state index contributed by atoms with van der Waals surface area (Å²) in [6.07, 6.45) is 5.34. The van der Waals surface area contributed by atoms with Crippen molar-refractivity contribution in [2.24, 2.45) is 17.6 Å². The largest absolute Gasteiger partial charge is 0.368 e. The van der Waals surface area contributed by atoms with Crippen LogP contribution in [0.3, 0.4) is 0 Å². The Balaban J connectivity index is 2.44. The molecule has 0 saturated heterocycles. The van der Waals surface area contributed by atoms with E-state index in [9.17, 15) is 9.59 Å². The number of primary amides is 1. The summed E-state index contributed by atoms with van der Waals surface area (Å²) in [5.41, 5.74) is 7.53. The molecule has 4 nitrogen and oxygen atoms in total. The lowest BCUT2D eigenvalue weighted by atomic mass is 9.92. The van der Waals surface area contributed by atoms with Gasteiger partial charge in [0.05, 0.1) is 6.54 Å². The third-order valence-corrected chi connectivity index (χ3v) is 4.56. The highest BCUT2D eigenvalue weighted by atomic mass is 16.2. The molecule has 0 aromatic heterocycles. The van der Waals surface area contributed by atoms with E-state index in [0.29, 0.717) is 12.3 Å². The molecule has 2 atom stereocenters. The molecule has 1 rings (SSSR count). The van der Waals surface area contributed by atoms with Gasteiger partial charge in [-0.1, -0.05) is 71.2 Å². The number of hydrogen-bond donors (Lipinski definition) is 2. The maximum Gasteiger partial charge on any atom is 0.236 e. The Labute approximate surface area is 152 Å². The summed E-state index contributed by atoms with van der Waals surface area (Å²) in [4.78, 5) is 22.5. The number of nitrogens with two attached hydrogens (primary N) is 1. The second-order valence-electron chi connectivity index (χ2n) is 7.72. The van der Waals surface area contributed by atoms with Crippen LogP contribution in [-0.4, -0.2) is 18.4 Å². The van der Waals surface area contributed by atoms with Gasteiger partial charge in [-0.3, -0.25) is 9.59 Å². The van der Waals surface area contributed by atoms with Gasteiger partial charge in [0.25, 0.3) is 0 Å². The third-order valence-electron chi connectivity index (χ3n) is 4.56. The van der Waals surface area contributed by atoms with Crippen LogP contribution in [0.25, 0.3) is 0 Å². The van der Waals surface area contributed by atoms with E-state index in [4.69, 9.17) is 5.73 Å². The number of hydrogen-bond acceptors (Lipinski definition) is 2. The van der Waals surface area contributed by atoms with Gasteiger partial charge in [-0.25, -0.2) is 0 Å². The van der Waals surface area contributed by atoms with Crippen LogP contribution in [-0.2, 0) is 16.0 Å². The molecular formula is C21H34N2O2. The van der Waals surface area contributed by atoms with E-state index >= 15 is 0 Å². The summed E-state index contributed by atoms with van der Waals surface area (Å²) in [7, 11) is 0. The van der Waals surface area contributed by atoms with Crippen LogP contribution >= 0.6 is 0 Å². The molecule has 4 heteroatoms. The monoisotopic (exact) mass is 346 g/mol. The molecule has 0 aliphatic rings. The maximum atomic E-state index is 11.8. The molecule has 0 aliphatic heterocycles. The van der Waals surface area contributed by atoms with Crippen molar-refractivity contribution >= 4 is 11.8 Å². The minimum Gasteiger partial charge on any atom is -0.368 e. The second-order valence-corrected chi connectivity index (χ2v) is 7.72. The Hall–Kier alpha value is -1.84. The lowest BCUT2D eigenvalue weighted by molar-refractivity contribution is -0.125. The zero-order valence-electron chi connectivity index (χ0n) is 16.2. The van der Waals surface area contributed by atoms with Gasteiger partial charge in [-0.05, 0) is 35.3 Å². The molecule has 0 radical (unpaired) electrons. The first kappa shape index (κ1) is 21.2. The summed E-state index contributed by atoms with van der Waals surface area (Å²) < 4.78 is 0. The second kappa shape index (κ2) is 10.9. The fourth-order valence-corrected chi connectivity index (χ4v) is 3.02. The average Bonchev–Trinajstić information content (AvgIpc) is 2.53. The molecule has 0 aliphatic carbocycles. The molecule has 0 spiro atoms. The highest BCUT2D eigenvalue weighted by Gasteiger charge is 2.12. The molecule has 0 fully saturated rings. The van der Waals surface area contributed by atoms with Crippen LogP contribution in [0.2, 0.25) is 0 Å². The molecule has 2 amide bonds. The van der Waals surface area contributed by atoms with Gasteiger partial charge in [-0.2, -0.15) is 0 Å². The van der Waals surface area contributed by atoms with Crippen molar-refractivity contribution in [3.8, 4) is 0 Å². The minimum atomic E-state index is -0.520. The van der Waals surface area contributed by atoms with Crippen LogP contribution in [0, 0.1) is 11.8 Å². The van der Waals surface area contributed by atoms with E-state index in [2.05, 4.69) is 50.4 Å². The molecule has 0 bridgehead atoms. The number of carbonyl (C=O) groups excluding carboxylic acids is 2. The van der Waals surface area contributed by atoms with Gasteiger partial charge in [0.2, 0.25) is 11.8 Å². The zero-order valence-corrected chi connectivity index (χ0v) is 16.2. The Morgan fingerprint density at radius 3 is 2.24 bits per heavy atom. The first-order valence-corrected chi connectivity index (χ1v) is 9.41. The van der Waals surface area contributed by atoms with E-state index in [1.807, 2.05) is 6.92 Å². The standard InChI is InChI=1S/C21H34N2O2/c1-15(2)6-5-7-16(3)12-18-8-10-19(11-9-18)17(4)13-21(25)23-14-20(22)24/h8-11,15-17H,5-7,12-14H2,1-4H3,(H2,22,24)(H,23,25). The van der Waals surface area contributed by atoms with Crippen LogP contribution < -0.4 is 11.1 Å². The van der Waals surface area contributed by atoms with Gasteiger partial charge >= 0.3 is 0 Å². The van der Waals surface area contributed by atoms with Gasteiger partial charge in [0.15, 0.2) is 0 Å².